The Kier molecular flexibility index (Phi) is 4.84. The van der Waals surface area contributed by atoms with Gasteiger partial charge in [0, 0.05) is 18.7 Å². The van der Waals surface area contributed by atoms with Gasteiger partial charge in [0.15, 0.2) is 28.7 Å². The summed E-state index contributed by atoms with van der Waals surface area (Å²) in [7, 11) is 1.31. The summed E-state index contributed by atoms with van der Waals surface area (Å²) in [5.74, 6) is -1.72. The van der Waals surface area contributed by atoms with Gasteiger partial charge in [-0.2, -0.15) is 0 Å². The molecule has 0 spiro atoms. The van der Waals surface area contributed by atoms with E-state index in [1.807, 2.05) is 0 Å². The normalized spacial score (nSPS) is 16.5. The fourth-order valence-electron chi connectivity index (χ4n) is 2.98. The number of benzene rings is 1. The maximum Gasteiger partial charge on any atom is 0.343 e. The number of anilines is 1. The minimum absolute atomic E-state index is 0.00575. The van der Waals surface area contributed by atoms with Gasteiger partial charge in [0.05, 0.1) is 19.3 Å². The van der Waals surface area contributed by atoms with E-state index in [1.54, 1.807) is 4.90 Å². The second-order valence-corrected chi connectivity index (χ2v) is 6.23. The summed E-state index contributed by atoms with van der Waals surface area (Å²) in [5.41, 5.74) is -0.993. The molecule has 0 aliphatic carbocycles. The van der Waals surface area contributed by atoms with Gasteiger partial charge in [-0.3, -0.25) is 0 Å². The lowest BCUT2D eigenvalue weighted by Gasteiger charge is -2.37. The lowest BCUT2D eigenvalue weighted by atomic mass is 9.92. The van der Waals surface area contributed by atoms with E-state index < -0.39 is 17.4 Å². The molecule has 2 heterocycles. The van der Waals surface area contributed by atoms with Crippen molar-refractivity contribution in [1.29, 1.82) is 0 Å². The fraction of sp³-hybridized carbons (Fsp3) is 0.412. The van der Waals surface area contributed by atoms with Gasteiger partial charge in [0.2, 0.25) is 0 Å². The number of methoxy groups -OCH3 is 1. The largest absolute Gasteiger partial charge is 0.494 e. The summed E-state index contributed by atoms with van der Waals surface area (Å²) >= 11 is 0. The van der Waals surface area contributed by atoms with Crippen molar-refractivity contribution in [1.82, 2.24) is 5.16 Å². The summed E-state index contributed by atoms with van der Waals surface area (Å²) in [5, 5.41) is 32.9. The Labute approximate surface area is 148 Å². The standard InChI is InChI=1S/C17H19FN2O6/c1-25-12-8-10(2-3-11(12)18)14-13(16(22)23)15(19-26-14)20-6-4-17(24,9-21)5-7-20/h2-3,8,21,24H,4-7,9H2,1H3,(H,22,23). The van der Waals surface area contributed by atoms with Crippen LogP contribution < -0.4 is 9.64 Å². The molecule has 1 fully saturated rings. The molecule has 1 aromatic heterocycles. The van der Waals surface area contributed by atoms with Crippen molar-refractivity contribution < 1.29 is 33.8 Å². The first kappa shape index (κ1) is 18.2. The van der Waals surface area contributed by atoms with Crippen LogP contribution in [-0.2, 0) is 0 Å². The van der Waals surface area contributed by atoms with Gasteiger partial charge in [-0.25, -0.2) is 9.18 Å². The molecule has 2 aromatic rings. The molecule has 1 saturated heterocycles. The number of aliphatic hydroxyl groups is 2. The Hall–Kier alpha value is -2.65. The maximum atomic E-state index is 13.6. The van der Waals surface area contributed by atoms with Crippen LogP contribution in [0.1, 0.15) is 23.2 Å². The molecule has 1 aliphatic heterocycles. The number of hydrogen-bond acceptors (Lipinski definition) is 7. The number of piperidine rings is 1. The van der Waals surface area contributed by atoms with Gasteiger partial charge in [0.1, 0.15) is 0 Å². The highest BCUT2D eigenvalue weighted by Crippen LogP contribution is 2.35. The Bertz CT molecular complexity index is 814. The summed E-state index contributed by atoms with van der Waals surface area (Å²) in [6.45, 7) is 0.276. The zero-order valence-corrected chi connectivity index (χ0v) is 14.1. The number of rotatable bonds is 5. The summed E-state index contributed by atoms with van der Waals surface area (Å²) in [6.07, 6.45) is 0.546. The third-order valence-electron chi connectivity index (χ3n) is 4.59. The molecule has 8 nitrogen and oxygen atoms in total. The zero-order chi connectivity index (χ0) is 18.9. The molecule has 3 rings (SSSR count). The quantitative estimate of drug-likeness (QED) is 0.729. The smallest absolute Gasteiger partial charge is 0.343 e. The van der Waals surface area contributed by atoms with E-state index in [-0.39, 0.29) is 42.3 Å². The number of nitrogens with zero attached hydrogens (tertiary/aromatic N) is 2. The molecule has 3 N–H and O–H groups in total. The van der Waals surface area contributed by atoms with Crippen LogP contribution in [-0.4, -0.2) is 58.9 Å². The Balaban J connectivity index is 1.96. The van der Waals surface area contributed by atoms with Crippen LogP contribution in [0, 0.1) is 5.82 Å². The van der Waals surface area contributed by atoms with E-state index in [4.69, 9.17) is 9.26 Å². The molecule has 0 atom stereocenters. The molecule has 0 saturated carbocycles. The van der Waals surface area contributed by atoms with Gasteiger partial charge >= 0.3 is 5.97 Å². The van der Waals surface area contributed by atoms with Crippen molar-refractivity contribution in [3.8, 4) is 17.1 Å². The van der Waals surface area contributed by atoms with E-state index in [1.165, 1.54) is 19.2 Å². The first-order valence-electron chi connectivity index (χ1n) is 8.03. The van der Waals surface area contributed by atoms with E-state index >= 15 is 0 Å². The van der Waals surface area contributed by atoms with Crippen LogP contribution in [0.3, 0.4) is 0 Å². The molecule has 1 aliphatic rings. The third-order valence-corrected chi connectivity index (χ3v) is 4.59. The van der Waals surface area contributed by atoms with Gasteiger partial charge in [-0.1, -0.05) is 5.16 Å². The first-order valence-corrected chi connectivity index (χ1v) is 8.03. The number of carboxylic acids is 1. The van der Waals surface area contributed by atoms with Gasteiger partial charge in [-0.05, 0) is 31.0 Å². The molecule has 0 radical (unpaired) electrons. The topological polar surface area (TPSA) is 116 Å². The van der Waals surface area contributed by atoms with Crippen molar-refractivity contribution >= 4 is 11.8 Å². The first-order chi connectivity index (χ1) is 12.4. The van der Waals surface area contributed by atoms with Crippen molar-refractivity contribution in [2.45, 2.75) is 18.4 Å². The highest BCUT2D eigenvalue weighted by molar-refractivity contribution is 5.99. The highest BCUT2D eigenvalue weighted by Gasteiger charge is 2.35. The Morgan fingerprint density at radius 3 is 2.69 bits per heavy atom. The number of aliphatic hydroxyl groups excluding tert-OH is 1. The maximum absolute atomic E-state index is 13.6. The third kappa shape index (κ3) is 3.23. The van der Waals surface area contributed by atoms with Crippen LogP contribution in [0.5, 0.6) is 5.75 Å². The number of aromatic carboxylic acids is 1. The predicted octanol–water partition coefficient (Wildman–Crippen LogP) is 1.51. The van der Waals surface area contributed by atoms with E-state index in [0.29, 0.717) is 18.7 Å². The number of hydrogen-bond donors (Lipinski definition) is 3. The van der Waals surface area contributed by atoms with Crippen LogP contribution >= 0.6 is 0 Å². The SMILES string of the molecule is COc1cc(-c2onc(N3CCC(O)(CO)CC3)c2C(=O)O)ccc1F. The molecule has 0 bridgehead atoms. The van der Waals surface area contributed by atoms with Crippen molar-refractivity contribution in [3.05, 3.63) is 29.6 Å². The summed E-state index contributed by atoms with van der Waals surface area (Å²) in [6, 6.07) is 3.88. The lowest BCUT2D eigenvalue weighted by molar-refractivity contribution is -0.0327. The number of halogens is 1. The lowest BCUT2D eigenvalue weighted by Crippen LogP contribution is -2.47. The number of aromatic nitrogens is 1. The average molecular weight is 366 g/mol. The molecule has 0 unspecified atom stereocenters. The molecule has 26 heavy (non-hydrogen) atoms. The molecular formula is C17H19FN2O6. The van der Waals surface area contributed by atoms with Gasteiger partial charge in [0.25, 0.3) is 0 Å². The molecule has 9 heteroatoms. The molecular weight excluding hydrogens is 347 g/mol. The van der Waals surface area contributed by atoms with Crippen LogP contribution in [0.15, 0.2) is 22.7 Å². The average Bonchev–Trinajstić information content (AvgIpc) is 3.08. The Morgan fingerprint density at radius 1 is 1.42 bits per heavy atom. The van der Waals surface area contributed by atoms with Crippen LogP contribution in [0.4, 0.5) is 10.2 Å². The summed E-state index contributed by atoms with van der Waals surface area (Å²) in [4.78, 5) is 13.5. The minimum atomic E-state index is -1.23. The molecule has 1 aromatic carbocycles. The monoisotopic (exact) mass is 366 g/mol. The number of ether oxygens (including phenoxy) is 1. The van der Waals surface area contributed by atoms with E-state index in [9.17, 15) is 24.5 Å². The Morgan fingerprint density at radius 2 is 2.12 bits per heavy atom. The molecule has 0 amide bonds. The molecule has 140 valence electrons. The van der Waals surface area contributed by atoms with E-state index in [2.05, 4.69) is 5.16 Å². The van der Waals surface area contributed by atoms with Crippen LogP contribution in [0.2, 0.25) is 0 Å². The second-order valence-electron chi connectivity index (χ2n) is 6.23. The van der Waals surface area contributed by atoms with E-state index in [0.717, 1.165) is 6.07 Å². The fourth-order valence-corrected chi connectivity index (χ4v) is 2.98. The number of carbonyl (C=O) groups is 1. The van der Waals surface area contributed by atoms with Crippen molar-refractivity contribution in [3.63, 3.8) is 0 Å². The van der Waals surface area contributed by atoms with Gasteiger partial charge in [-0.15, -0.1) is 0 Å². The van der Waals surface area contributed by atoms with Crippen LogP contribution in [0.25, 0.3) is 11.3 Å². The predicted molar refractivity (Wildman–Crippen MR) is 88.9 cm³/mol. The summed E-state index contributed by atoms with van der Waals surface area (Å²) < 4.78 is 23.8. The number of carboxylic acid groups (broad SMARTS) is 1. The van der Waals surface area contributed by atoms with Crippen molar-refractivity contribution in [2.24, 2.45) is 0 Å². The second kappa shape index (κ2) is 6.93. The highest BCUT2D eigenvalue weighted by atomic mass is 19.1. The van der Waals surface area contributed by atoms with Crippen molar-refractivity contribution in [2.75, 3.05) is 31.7 Å². The van der Waals surface area contributed by atoms with Gasteiger partial charge < -0.3 is 29.5 Å². The minimum Gasteiger partial charge on any atom is -0.494 e. The zero-order valence-electron chi connectivity index (χ0n) is 14.1.